The summed E-state index contributed by atoms with van der Waals surface area (Å²) < 4.78 is 10.9. The topological polar surface area (TPSA) is 31.4 Å². The number of halogens is 1. The number of aromatic nitrogens is 1. The molecule has 0 aromatic carbocycles. The first-order valence-electron chi connectivity index (χ1n) is 5.51. The zero-order valence-electron chi connectivity index (χ0n) is 9.83. The Bertz CT molecular complexity index is 318. The zero-order valence-corrected chi connectivity index (χ0v) is 10.6. The Morgan fingerprint density at radius 1 is 1.25 bits per heavy atom. The maximum absolute atomic E-state index is 5.79. The van der Waals surface area contributed by atoms with Crippen LogP contribution in [0, 0.1) is 6.92 Å². The Hall–Kier alpha value is -0.800. The van der Waals surface area contributed by atoms with E-state index in [1.54, 1.807) is 0 Å². The fraction of sp³-hybridized carbons (Fsp3) is 0.583. The van der Waals surface area contributed by atoms with Crippen LogP contribution in [0.2, 0.25) is 0 Å². The van der Waals surface area contributed by atoms with Gasteiger partial charge in [-0.25, -0.2) is 0 Å². The third-order valence-corrected chi connectivity index (χ3v) is 2.29. The molecule has 16 heavy (non-hydrogen) atoms. The minimum Gasteiger partial charge on any atom is -0.489 e. The van der Waals surface area contributed by atoms with Crippen molar-refractivity contribution in [2.75, 3.05) is 19.8 Å². The molecular weight excluding hydrogens is 226 g/mol. The summed E-state index contributed by atoms with van der Waals surface area (Å²) in [4.78, 5) is 4.31. The van der Waals surface area contributed by atoms with Crippen LogP contribution in [0.3, 0.4) is 0 Å². The zero-order chi connectivity index (χ0) is 11.8. The van der Waals surface area contributed by atoms with Crippen molar-refractivity contribution < 1.29 is 9.47 Å². The predicted molar refractivity (Wildman–Crippen MR) is 65.1 cm³/mol. The van der Waals surface area contributed by atoms with Crippen molar-refractivity contribution in [3.05, 3.63) is 23.5 Å². The van der Waals surface area contributed by atoms with E-state index in [1.807, 2.05) is 19.1 Å². The standard InChI is InChI=1S/C12H18ClNO2/c1-3-6-15-7-8-16-12-5-4-10(2)14-11(12)9-13/h4-5H,3,6-9H2,1-2H3. The van der Waals surface area contributed by atoms with Crippen molar-refractivity contribution >= 4 is 11.6 Å². The van der Waals surface area contributed by atoms with E-state index in [2.05, 4.69) is 11.9 Å². The molecule has 0 aliphatic carbocycles. The van der Waals surface area contributed by atoms with Crippen molar-refractivity contribution in [2.45, 2.75) is 26.1 Å². The van der Waals surface area contributed by atoms with Crippen LogP contribution >= 0.6 is 11.6 Å². The van der Waals surface area contributed by atoms with Gasteiger partial charge < -0.3 is 9.47 Å². The van der Waals surface area contributed by atoms with E-state index in [1.165, 1.54) is 0 Å². The second kappa shape index (κ2) is 7.47. The van der Waals surface area contributed by atoms with E-state index in [0.29, 0.717) is 19.1 Å². The molecule has 0 unspecified atom stereocenters. The van der Waals surface area contributed by atoms with Crippen LogP contribution in [0.4, 0.5) is 0 Å². The summed E-state index contributed by atoms with van der Waals surface area (Å²) in [6.45, 7) is 5.93. The molecule has 4 heteroatoms. The lowest BCUT2D eigenvalue weighted by Crippen LogP contribution is -2.08. The smallest absolute Gasteiger partial charge is 0.142 e. The molecule has 0 aliphatic heterocycles. The molecule has 0 spiro atoms. The molecule has 0 atom stereocenters. The van der Waals surface area contributed by atoms with Gasteiger partial charge in [-0.2, -0.15) is 0 Å². The van der Waals surface area contributed by atoms with Crippen molar-refractivity contribution in [3.63, 3.8) is 0 Å². The lowest BCUT2D eigenvalue weighted by atomic mass is 10.3. The maximum Gasteiger partial charge on any atom is 0.142 e. The molecule has 3 nitrogen and oxygen atoms in total. The molecule has 0 radical (unpaired) electrons. The van der Waals surface area contributed by atoms with Crippen molar-refractivity contribution in [1.82, 2.24) is 4.98 Å². The molecule has 1 heterocycles. The number of pyridine rings is 1. The molecule has 0 amide bonds. The molecule has 0 aliphatic rings. The Balaban J connectivity index is 2.41. The van der Waals surface area contributed by atoms with Gasteiger partial charge in [0.1, 0.15) is 12.4 Å². The molecule has 90 valence electrons. The maximum atomic E-state index is 5.79. The number of rotatable bonds is 7. The lowest BCUT2D eigenvalue weighted by Gasteiger charge is -2.09. The highest BCUT2D eigenvalue weighted by atomic mass is 35.5. The minimum absolute atomic E-state index is 0.368. The van der Waals surface area contributed by atoms with Crippen LogP contribution in [0.15, 0.2) is 12.1 Å². The molecule has 0 fully saturated rings. The summed E-state index contributed by atoms with van der Waals surface area (Å²) in [5.74, 6) is 1.12. The van der Waals surface area contributed by atoms with Gasteiger partial charge in [-0.15, -0.1) is 11.6 Å². The lowest BCUT2D eigenvalue weighted by molar-refractivity contribution is 0.100. The predicted octanol–water partition coefficient (Wildman–Crippen LogP) is 2.93. The third-order valence-electron chi connectivity index (χ3n) is 2.03. The van der Waals surface area contributed by atoms with Gasteiger partial charge in [0.2, 0.25) is 0 Å². The SMILES string of the molecule is CCCOCCOc1ccc(C)nc1CCl. The molecule has 0 saturated heterocycles. The average Bonchev–Trinajstić information content (AvgIpc) is 2.30. The molecule has 0 N–H and O–H groups in total. The van der Waals surface area contributed by atoms with E-state index < -0.39 is 0 Å². The Kier molecular flexibility index (Phi) is 6.19. The summed E-state index contributed by atoms with van der Waals surface area (Å²) in [6.07, 6.45) is 1.03. The van der Waals surface area contributed by atoms with Crippen LogP contribution in [0.1, 0.15) is 24.7 Å². The van der Waals surface area contributed by atoms with Gasteiger partial charge in [0.15, 0.2) is 0 Å². The van der Waals surface area contributed by atoms with Gasteiger partial charge >= 0.3 is 0 Å². The van der Waals surface area contributed by atoms with Gasteiger partial charge in [0, 0.05) is 12.3 Å². The number of nitrogens with zero attached hydrogens (tertiary/aromatic N) is 1. The van der Waals surface area contributed by atoms with Crippen molar-refractivity contribution in [3.8, 4) is 5.75 Å². The van der Waals surface area contributed by atoms with E-state index in [4.69, 9.17) is 21.1 Å². The first-order valence-corrected chi connectivity index (χ1v) is 6.04. The normalized spacial score (nSPS) is 10.4. The van der Waals surface area contributed by atoms with Gasteiger partial charge in [-0.3, -0.25) is 4.98 Å². The Morgan fingerprint density at radius 2 is 2.06 bits per heavy atom. The highest BCUT2D eigenvalue weighted by Crippen LogP contribution is 2.18. The summed E-state index contributed by atoms with van der Waals surface area (Å²) >= 11 is 5.79. The van der Waals surface area contributed by atoms with Crippen LogP contribution in [-0.4, -0.2) is 24.8 Å². The fourth-order valence-corrected chi connectivity index (χ4v) is 1.47. The molecule has 0 bridgehead atoms. The molecule has 0 saturated carbocycles. The minimum atomic E-state index is 0.368. The number of aryl methyl sites for hydroxylation is 1. The molecule has 1 aromatic rings. The van der Waals surface area contributed by atoms with Gasteiger partial charge in [-0.05, 0) is 25.5 Å². The molecule has 1 rings (SSSR count). The first-order chi connectivity index (χ1) is 7.77. The second-order valence-corrected chi connectivity index (χ2v) is 3.76. The van der Waals surface area contributed by atoms with Crippen LogP contribution < -0.4 is 4.74 Å². The Morgan fingerprint density at radius 3 is 2.75 bits per heavy atom. The summed E-state index contributed by atoms with van der Waals surface area (Å²) in [5.41, 5.74) is 1.74. The largest absolute Gasteiger partial charge is 0.489 e. The number of alkyl halides is 1. The van der Waals surface area contributed by atoms with Crippen LogP contribution in [0.5, 0.6) is 5.75 Å². The summed E-state index contributed by atoms with van der Waals surface area (Å²) in [7, 11) is 0. The van der Waals surface area contributed by atoms with E-state index >= 15 is 0 Å². The fourth-order valence-electron chi connectivity index (χ4n) is 1.28. The molecule has 1 aromatic heterocycles. The average molecular weight is 244 g/mol. The second-order valence-electron chi connectivity index (χ2n) is 3.49. The summed E-state index contributed by atoms with van der Waals surface area (Å²) in [5, 5.41) is 0. The first kappa shape index (κ1) is 13.3. The van der Waals surface area contributed by atoms with Crippen molar-refractivity contribution in [1.29, 1.82) is 0 Å². The van der Waals surface area contributed by atoms with Gasteiger partial charge in [0.05, 0.1) is 18.2 Å². The van der Waals surface area contributed by atoms with E-state index in [9.17, 15) is 0 Å². The Labute approximate surface area is 102 Å². The third kappa shape index (κ3) is 4.37. The van der Waals surface area contributed by atoms with E-state index in [0.717, 1.165) is 30.2 Å². The number of hydrogen-bond donors (Lipinski definition) is 0. The van der Waals surface area contributed by atoms with Crippen molar-refractivity contribution in [2.24, 2.45) is 0 Å². The van der Waals surface area contributed by atoms with Gasteiger partial charge in [-0.1, -0.05) is 6.92 Å². The molecular formula is C12H18ClNO2. The quantitative estimate of drug-likeness (QED) is 0.545. The highest BCUT2D eigenvalue weighted by Gasteiger charge is 2.04. The summed E-state index contributed by atoms with van der Waals surface area (Å²) in [6, 6.07) is 3.82. The monoisotopic (exact) mass is 243 g/mol. The van der Waals surface area contributed by atoms with E-state index in [-0.39, 0.29) is 0 Å². The van der Waals surface area contributed by atoms with Crippen LogP contribution in [0.25, 0.3) is 0 Å². The van der Waals surface area contributed by atoms with Crippen LogP contribution in [-0.2, 0) is 10.6 Å². The highest BCUT2D eigenvalue weighted by molar-refractivity contribution is 6.17. The number of ether oxygens (including phenoxy) is 2. The van der Waals surface area contributed by atoms with Gasteiger partial charge in [0.25, 0.3) is 0 Å². The number of hydrogen-bond acceptors (Lipinski definition) is 3.